The minimum Gasteiger partial charge on any atom is -0.497 e. The van der Waals surface area contributed by atoms with E-state index in [2.05, 4.69) is 55.5 Å². The zero-order valence-corrected chi connectivity index (χ0v) is 27.5. The highest BCUT2D eigenvalue weighted by molar-refractivity contribution is 7.85. The summed E-state index contributed by atoms with van der Waals surface area (Å²) in [5.41, 5.74) is 6.15. The van der Waals surface area contributed by atoms with Crippen molar-refractivity contribution in [3.05, 3.63) is 131 Å². The molecule has 0 saturated carbocycles. The van der Waals surface area contributed by atoms with Crippen molar-refractivity contribution in [3.8, 4) is 28.2 Å². The molecule has 5 rings (SSSR count). The molecule has 0 saturated heterocycles. The number of carbonyl (C=O) groups excluding carboxylic acids is 1. The molecule has 4 aromatic carbocycles. The molecule has 0 spiro atoms. The number of methoxy groups -OCH3 is 1. The molecular formula is C37H37FN2O6S. The summed E-state index contributed by atoms with van der Waals surface area (Å²) in [5, 5.41) is 6.98. The average molecular weight is 657 g/mol. The quantitative estimate of drug-likeness (QED) is 0.142. The zero-order valence-electron chi connectivity index (χ0n) is 26.7. The maximum absolute atomic E-state index is 14.9. The number of nitrogens with zero attached hydrogens (tertiary/aromatic N) is 1. The van der Waals surface area contributed by atoms with Crippen LogP contribution in [0.4, 0.5) is 4.39 Å². The number of benzene rings is 4. The van der Waals surface area contributed by atoms with E-state index in [0.717, 1.165) is 22.4 Å². The highest BCUT2D eigenvalue weighted by atomic mass is 32.2. The fourth-order valence-electron chi connectivity index (χ4n) is 5.32. The van der Waals surface area contributed by atoms with E-state index in [1.807, 2.05) is 42.5 Å². The van der Waals surface area contributed by atoms with E-state index in [4.69, 9.17) is 13.8 Å². The van der Waals surface area contributed by atoms with E-state index < -0.39 is 21.8 Å². The van der Waals surface area contributed by atoms with Gasteiger partial charge in [0.05, 0.1) is 18.6 Å². The van der Waals surface area contributed by atoms with E-state index in [1.165, 1.54) is 18.7 Å². The lowest BCUT2D eigenvalue weighted by Crippen LogP contribution is -2.28. The fraction of sp³-hybridized carbons (Fsp3) is 0.243. The van der Waals surface area contributed by atoms with Crippen LogP contribution >= 0.6 is 0 Å². The third-order valence-electron chi connectivity index (χ3n) is 8.00. The molecule has 5 aromatic rings. The second kappa shape index (κ2) is 13.9. The van der Waals surface area contributed by atoms with Gasteiger partial charge in [-0.05, 0) is 64.4 Å². The molecule has 2 N–H and O–H groups in total. The van der Waals surface area contributed by atoms with Gasteiger partial charge in [0.15, 0.2) is 5.76 Å². The Hall–Kier alpha value is -4.80. The Morgan fingerprint density at radius 2 is 1.66 bits per heavy atom. The number of carbonyl (C=O) groups is 1. The average Bonchev–Trinajstić information content (AvgIpc) is 3.53. The van der Waals surface area contributed by atoms with Crippen molar-refractivity contribution in [2.24, 2.45) is 0 Å². The Labute approximate surface area is 274 Å². The number of hydrogen-bond donors (Lipinski definition) is 2. The lowest BCUT2D eigenvalue weighted by Gasteiger charge is -2.21. The first-order valence-corrected chi connectivity index (χ1v) is 16.8. The van der Waals surface area contributed by atoms with Gasteiger partial charge in [-0.2, -0.15) is 8.42 Å². The molecule has 47 heavy (non-hydrogen) atoms. The smallest absolute Gasteiger partial charge is 0.266 e. The van der Waals surface area contributed by atoms with Crippen LogP contribution in [0, 0.1) is 5.82 Å². The van der Waals surface area contributed by atoms with Gasteiger partial charge >= 0.3 is 0 Å². The van der Waals surface area contributed by atoms with Crippen molar-refractivity contribution in [1.29, 1.82) is 0 Å². The van der Waals surface area contributed by atoms with Gasteiger partial charge in [-0.1, -0.05) is 80.5 Å². The zero-order chi connectivity index (χ0) is 33.8. The lowest BCUT2D eigenvalue weighted by molar-refractivity contribution is 0.0956. The number of amides is 1. The summed E-state index contributed by atoms with van der Waals surface area (Å²) in [5.74, 6) is -0.582. The van der Waals surface area contributed by atoms with Crippen molar-refractivity contribution < 1.29 is 31.4 Å². The van der Waals surface area contributed by atoms with Crippen LogP contribution in [0.3, 0.4) is 0 Å². The maximum Gasteiger partial charge on any atom is 0.266 e. The molecule has 1 heterocycles. The first-order valence-electron chi connectivity index (χ1n) is 15.1. The summed E-state index contributed by atoms with van der Waals surface area (Å²) in [6, 6.07) is 29.6. The maximum atomic E-state index is 14.9. The van der Waals surface area contributed by atoms with Crippen LogP contribution in [0.5, 0.6) is 5.75 Å². The molecule has 0 bridgehead atoms. The van der Waals surface area contributed by atoms with Crippen LogP contribution in [0.25, 0.3) is 22.5 Å². The normalized spacial score (nSPS) is 12.5. The van der Waals surface area contributed by atoms with Crippen molar-refractivity contribution in [3.63, 3.8) is 0 Å². The fourth-order valence-corrected chi connectivity index (χ4v) is 5.68. The van der Waals surface area contributed by atoms with E-state index in [1.54, 1.807) is 24.3 Å². The van der Waals surface area contributed by atoms with Crippen LogP contribution in [0.15, 0.2) is 102 Å². The Balaban J connectivity index is 1.42. The summed E-state index contributed by atoms with van der Waals surface area (Å²) in [6.45, 7) is 6.29. The van der Waals surface area contributed by atoms with Crippen molar-refractivity contribution in [2.75, 3.05) is 19.4 Å². The van der Waals surface area contributed by atoms with Crippen molar-refractivity contribution >= 4 is 16.0 Å². The minimum atomic E-state index is -4.17. The Kier molecular flexibility index (Phi) is 9.93. The van der Waals surface area contributed by atoms with Gasteiger partial charge in [0, 0.05) is 41.3 Å². The van der Waals surface area contributed by atoms with Crippen LogP contribution in [-0.4, -0.2) is 43.4 Å². The molecule has 1 aromatic heterocycles. The van der Waals surface area contributed by atoms with Crippen LogP contribution < -0.4 is 10.1 Å². The van der Waals surface area contributed by atoms with Gasteiger partial charge in [-0.25, -0.2) is 4.39 Å². The van der Waals surface area contributed by atoms with Gasteiger partial charge in [0.25, 0.3) is 16.0 Å². The molecule has 10 heteroatoms. The molecule has 1 amide bonds. The molecule has 0 radical (unpaired) electrons. The lowest BCUT2D eigenvalue weighted by atomic mass is 9.83. The molecule has 244 valence electrons. The summed E-state index contributed by atoms with van der Waals surface area (Å²) in [6.07, 6.45) is 0.558. The van der Waals surface area contributed by atoms with Gasteiger partial charge in [0.1, 0.15) is 11.6 Å². The largest absolute Gasteiger partial charge is 0.497 e. The molecule has 1 atom stereocenters. The van der Waals surface area contributed by atoms with Gasteiger partial charge in [-0.15, -0.1) is 0 Å². The highest BCUT2D eigenvalue weighted by Crippen LogP contribution is 2.35. The van der Waals surface area contributed by atoms with Crippen molar-refractivity contribution in [1.82, 2.24) is 10.5 Å². The van der Waals surface area contributed by atoms with Gasteiger partial charge in [0.2, 0.25) is 0 Å². The standard InChI is InChI=1S/C37H37FN2O6S/c1-37(2,3)29-14-12-25(13-15-29)32(20-24-8-10-26(11-9-24)36(41)39-18-19-47(42,43)44)34-23-35(46-40-34)28-7-5-6-27(21-28)31-17-16-30(45-4)22-33(31)38/h5-17,21-23,32H,18-20H2,1-4H3,(H,39,41)(H,42,43,44). The molecule has 0 aliphatic rings. The molecule has 0 fully saturated rings. The molecule has 1 unspecified atom stereocenters. The number of rotatable bonds is 11. The number of nitrogens with one attached hydrogen (secondary N) is 1. The molecule has 0 aliphatic carbocycles. The second-order valence-electron chi connectivity index (χ2n) is 12.4. The third kappa shape index (κ3) is 8.52. The van der Waals surface area contributed by atoms with E-state index in [9.17, 15) is 17.6 Å². The van der Waals surface area contributed by atoms with E-state index in [-0.39, 0.29) is 23.7 Å². The van der Waals surface area contributed by atoms with E-state index in [0.29, 0.717) is 34.6 Å². The second-order valence-corrected chi connectivity index (χ2v) is 14.0. The molecule has 8 nitrogen and oxygen atoms in total. The summed E-state index contributed by atoms with van der Waals surface area (Å²) >= 11 is 0. The predicted octanol–water partition coefficient (Wildman–Crippen LogP) is 7.45. The number of halogens is 1. The van der Waals surface area contributed by atoms with Crippen LogP contribution in [0.2, 0.25) is 0 Å². The first kappa shape index (κ1) is 33.6. The first-order chi connectivity index (χ1) is 22.3. The Bertz CT molecular complexity index is 1960. The predicted molar refractivity (Wildman–Crippen MR) is 180 cm³/mol. The van der Waals surface area contributed by atoms with Crippen LogP contribution in [0.1, 0.15) is 59.4 Å². The molecular weight excluding hydrogens is 619 g/mol. The van der Waals surface area contributed by atoms with Crippen molar-refractivity contribution in [2.45, 2.75) is 38.5 Å². The number of ether oxygens (including phenoxy) is 1. The number of aromatic nitrogens is 1. The topological polar surface area (TPSA) is 119 Å². The Morgan fingerprint density at radius 3 is 2.30 bits per heavy atom. The monoisotopic (exact) mass is 656 g/mol. The van der Waals surface area contributed by atoms with Gasteiger partial charge in [-0.3, -0.25) is 9.35 Å². The molecule has 0 aliphatic heterocycles. The summed E-state index contributed by atoms with van der Waals surface area (Å²) in [7, 11) is -2.67. The third-order valence-corrected chi connectivity index (χ3v) is 8.72. The van der Waals surface area contributed by atoms with E-state index >= 15 is 0 Å². The van der Waals surface area contributed by atoms with Gasteiger partial charge < -0.3 is 14.6 Å². The van der Waals surface area contributed by atoms with Crippen LogP contribution in [-0.2, 0) is 22.0 Å². The summed E-state index contributed by atoms with van der Waals surface area (Å²) in [4.78, 5) is 12.5. The summed E-state index contributed by atoms with van der Waals surface area (Å²) < 4.78 is 56.7. The SMILES string of the molecule is COc1ccc(-c2cccc(-c3cc(C(Cc4ccc(C(=O)NCCS(=O)(=O)O)cc4)c4ccc(C(C)(C)C)cc4)no3)c2)c(F)c1. The highest BCUT2D eigenvalue weighted by Gasteiger charge is 2.22. The Morgan fingerprint density at radius 1 is 0.957 bits per heavy atom. The minimum absolute atomic E-state index is 0.0127. The number of hydrogen-bond acceptors (Lipinski definition) is 6.